The SMILES string of the molecule is CC(=O)N(OC[C@@H]1CCN(Cc2nc3ccccc3[nH]2)C[C@H]1C)c1ccccc1F. The van der Waals surface area contributed by atoms with Gasteiger partial charge in [-0.2, -0.15) is 5.06 Å². The fourth-order valence-electron chi connectivity index (χ4n) is 4.08. The van der Waals surface area contributed by atoms with Crippen molar-refractivity contribution in [1.82, 2.24) is 14.9 Å². The van der Waals surface area contributed by atoms with Gasteiger partial charge in [-0.25, -0.2) is 9.37 Å². The molecule has 4 rings (SSSR count). The van der Waals surface area contributed by atoms with E-state index in [1.54, 1.807) is 18.2 Å². The summed E-state index contributed by atoms with van der Waals surface area (Å²) in [5.41, 5.74) is 2.20. The van der Waals surface area contributed by atoms with Crippen LogP contribution in [0.2, 0.25) is 0 Å². The lowest BCUT2D eigenvalue weighted by molar-refractivity contribution is -0.125. The number of aromatic amines is 1. The topological polar surface area (TPSA) is 61.5 Å². The van der Waals surface area contributed by atoms with Gasteiger partial charge in [-0.1, -0.05) is 31.2 Å². The molecule has 0 aliphatic carbocycles. The second kappa shape index (κ2) is 8.93. The zero-order valence-electron chi connectivity index (χ0n) is 17.3. The molecule has 0 saturated carbocycles. The van der Waals surface area contributed by atoms with Crippen LogP contribution in [0.5, 0.6) is 0 Å². The van der Waals surface area contributed by atoms with Crippen molar-refractivity contribution in [2.75, 3.05) is 24.8 Å². The van der Waals surface area contributed by atoms with Gasteiger partial charge in [0.1, 0.15) is 17.3 Å². The smallest absolute Gasteiger partial charge is 0.247 e. The first-order valence-corrected chi connectivity index (χ1v) is 10.4. The molecule has 3 aromatic rings. The van der Waals surface area contributed by atoms with Crippen LogP contribution in [-0.2, 0) is 16.2 Å². The van der Waals surface area contributed by atoms with Crippen molar-refractivity contribution in [3.05, 3.63) is 60.2 Å². The Kier molecular flexibility index (Phi) is 6.11. The van der Waals surface area contributed by atoms with Gasteiger partial charge in [-0.05, 0) is 49.1 Å². The second-order valence-electron chi connectivity index (χ2n) is 8.02. The largest absolute Gasteiger partial charge is 0.341 e. The van der Waals surface area contributed by atoms with Crippen molar-refractivity contribution in [2.24, 2.45) is 11.8 Å². The molecule has 2 heterocycles. The molecule has 7 heteroatoms. The predicted octanol–water partition coefficient (Wildman–Crippen LogP) is 4.14. The molecule has 158 valence electrons. The molecule has 0 unspecified atom stereocenters. The Morgan fingerprint density at radius 3 is 2.77 bits per heavy atom. The standard InChI is InChI=1S/C23H27FN4O2/c1-16-13-27(14-23-25-20-8-4-5-9-21(20)26-23)12-11-18(16)15-30-28(17(2)29)22-10-6-3-7-19(22)24/h3-10,16,18H,11-15H2,1-2H3,(H,25,26)/t16-,18+/m1/s1. The lowest BCUT2D eigenvalue weighted by atomic mass is 9.87. The number of carbonyl (C=O) groups is 1. The first-order valence-electron chi connectivity index (χ1n) is 10.4. The number of piperidine rings is 1. The summed E-state index contributed by atoms with van der Waals surface area (Å²) in [7, 11) is 0. The monoisotopic (exact) mass is 410 g/mol. The zero-order valence-corrected chi connectivity index (χ0v) is 17.3. The average molecular weight is 410 g/mol. The molecule has 1 amide bonds. The van der Waals surface area contributed by atoms with Gasteiger partial charge in [0.2, 0.25) is 5.91 Å². The van der Waals surface area contributed by atoms with Crippen LogP contribution in [0.1, 0.15) is 26.1 Å². The molecular formula is C23H27FN4O2. The summed E-state index contributed by atoms with van der Waals surface area (Å²) in [5.74, 6) is 0.847. The fourth-order valence-corrected chi connectivity index (χ4v) is 4.08. The van der Waals surface area contributed by atoms with Gasteiger partial charge < -0.3 is 4.98 Å². The number of amides is 1. The van der Waals surface area contributed by atoms with E-state index >= 15 is 0 Å². The molecule has 0 radical (unpaired) electrons. The summed E-state index contributed by atoms with van der Waals surface area (Å²) in [6.45, 7) is 6.58. The van der Waals surface area contributed by atoms with Gasteiger partial charge in [-0.15, -0.1) is 0 Å². The van der Waals surface area contributed by atoms with E-state index in [2.05, 4.69) is 21.8 Å². The third-order valence-electron chi connectivity index (χ3n) is 5.75. The highest BCUT2D eigenvalue weighted by Gasteiger charge is 2.28. The number of hydrogen-bond acceptors (Lipinski definition) is 4. The van der Waals surface area contributed by atoms with Crippen molar-refractivity contribution in [3.63, 3.8) is 0 Å². The van der Waals surface area contributed by atoms with Crippen LogP contribution >= 0.6 is 0 Å². The third kappa shape index (κ3) is 4.52. The van der Waals surface area contributed by atoms with Gasteiger partial charge in [0.15, 0.2) is 0 Å². The lowest BCUT2D eigenvalue weighted by Crippen LogP contribution is -2.42. The van der Waals surface area contributed by atoms with Gasteiger partial charge >= 0.3 is 0 Å². The summed E-state index contributed by atoms with van der Waals surface area (Å²) in [5, 5.41) is 1.07. The number of nitrogens with zero attached hydrogens (tertiary/aromatic N) is 3. The lowest BCUT2D eigenvalue weighted by Gasteiger charge is -2.37. The normalized spacial score (nSPS) is 19.8. The number of nitrogens with one attached hydrogen (secondary N) is 1. The number of carbonyl (C=O) groups excluding carboxylic acids is 1. The van der Waals surface area contributed by atoms with Gasteiger partial charge in [-0.3, -0.25) is 14.5 Å². The number of benzene rings is 2. The number of H-pyrrole nitrogens is 1. The van der Waals surface area contributed by atoms with E-state index in [1.165, 1.54) is 13.0 Å². The predicted molar refractivity (Wildman–Crippen MR) is 114 cm³/mol. The number of imidazole rings is 1. The summed E-state index contributed by atoms with van der Waals surface area (Å²) in [6.07, 6.45) is 0.949. The van der Waals surface area contributed by atoms with E-state index in [0.29, 0.717) is 18.4 Å². The minimum absolute atomic E-state index is 0.153. The average Bonchev–Trinajstić information content (AvgIpc) is 3.13. The molecule has 0 bridgehead atoms. The van der Waals surface area contributed by atoms with E-state index in [4.69, 9.17) is 4.84 Å². The molecule has 1 aliphatic rings. The highest BCUT2D eigenvalue weighted by molar-refractivity contribution is 5.89. The highest BCUT2D eigenvalue weighted by atomic mass is 19.1. The molecule has 1 N–H and O–H groups in total. The van der Waals surface area contributed by atoms with E-state index in [9.17, 15) is 9.18 Å². The maximum atomic E-state index is 14.1. The number of fused-ring (bicyclic) bond motifs is 1. The Labute approximate surface area is 175 Å². The van der Waals surface area contributed by atoms with Crippen molar-refractivity contribution in [1.29, 1.82) is 0 Å². The molecule has 30 heavy (non-hydrogen) atoms. The third-order valence-corrected chi connectivity index (χ3v) is 5.75. The number of para-hydroxylation sites is 3. The Bertz CT molecular complexity index is 988. The summed E-state index contributed by atoms with van der Waals surface area (Å²) in [6, 6.07) is 14.2. The van der Waals surface area contributed by atoms with Crippen LogP contribution in [0.3, 0.4) is 0 Å². The molecule has 6 nitrogen and oxygen atoms in total. The van der Waals surface area contributed by atoms with Crippen LogP contribution in [0.4, 0.5) is 10.1 Å². The van der Waals surface area contributed by atoms with Crippen molar-refractivity contribution in [2.45, 2.75) is 26.8 Å². The minimum atomic E-state index is -0.471. The number of anilines is 1. The van der Waals surface area contributed by atoms with Crippen LogP contribution in [0.15, 0.2) is 48.5 Å². The number of hydroxylamine groups is 1. The van der Waals surface area contributed by atoms with E-state index in [-0.39, 0.29) is 11.6 Å². The van der Waals surface area contributed by atoms with Gasteiger partial charge in [0.25, 0.3) is 0 Å². The van der Waals surface area contributed by atoms with E-state index in [1.807, 2.05) is 24.3 Å². The van der Waals surface area contributed by atoms with Crippen LogP contribution in [0, 0.1) is 17.7 Å². The number of hydrogen-bond donors (Lipinski definition) is 1. The highest BCUT2D eigenvalue weighted by Crippen LogP contribution is 2.27. The van der Waals surface area contributed by atoms with Crippen LogP contribution in [-0.4, -0.2) is 40.5 Å². The van der Waals surface area contributed by atoms with Crippen LogP contribution in [0.25, 0.3) is 11.0 Å². The van der Waals surface area contributed by atoms with Crippen molar-refractivity contribution < 1.29 is 14.0 Å². The Balaban J connectivity index is 1.33. The summed E-state index contributed by atoms with van der Waals surface area (Å²) >= 11 is 0. The summed E-state index contributed by atoms with van der Waals surface area (Å²) < 4.78 is 14.1. The van der Waals surface area contributed by atoms with Gasteiger partial charge in [0, 0.05) is 13.5 Å². The Hall–Kier alpha value is -2.77. The summed E-state index contributed by atoms with van der Waals surface area (Å²) in [4.78, 5) is 28.2. The van der Waals surface area contributed by atoms with E-state index in [0.717, 1.165) is 48.0 Å². The van der Waals surface area contributed by atoms with Crippen LogP contribution < -0.4 is 5.06 Å². The molecule has 1 fully saturated rings. The molecule has 2 atom stereocenters. The van der Waals surface area contributed by atoms with Crippen molar-refractivity contribution >= 4 is 22.6 Å². The molecule has 1 aliphatic heterocycles. The second-order valence-corrected chi connectivity index (χ2v) is 8.02. The Morgan fingerprint density at radius 1 is 1.27 bits per heavy atom. The molecule has 1 saturated heterocycles. The molecular weight excluding hydrogens is 383 g/mol. The number of aromatic nitrogens is 2. The maximum absolute atomic E-state index is 14.1. The maximum Gasteiger partial charge on any atom is 0.247 e. The van der Waals surface area contributed by atoms with Crippen molar-refractivity contribution in [3.8, 4) is 0 Å². The zero-order chi connectivity index (χ0) is 21.1. The number of halogens is 1. The van der Waals surface area contributed by atoms with E-state index < -0.39 is 5.82 Å². The first-order chi connectivity index (χ1) is 14.5. The molecule has 1 aromatic heterocycles. The Morgan fingerprint density at radius 2 is 2.03 bits per heavy atom. The fraction of sp³-hybridized carbons (Fsp3) is 0.391. The van der Waals surface area contributed by atoms with Gasteiger partial charge in [0.05, 0.1) is 24.2 Å². The molecule has 2 aromatic carbocycles. The number of likely N-dealkylation sites (tertiary alicyclic amines) is 1. The minimum Gasteiger partial charge on any atom is -0.341 e. The quantitative estimate of drug-likeness (QED) is 0.621. The number of rotatable bonds is 6. The molecule has 0 spiro atoms. The first kappa shape index (κ1) is 20.5.